The molecule has 6 heteroatoms. The fourth-order valence-corrected chi connectivity index (χ4v) is 1.90. The lowest BCUT2D eigenvalue weighted by Gasteiger charge is -2.04. The van der Waals surface area contributed by atoms with Gasteiger partial charge in [0, 0.05) is 13.1 Å². The number of nitrogens with zero attached hydrogens (tertiary/aromatic N) is 3. The SMILES string of the molecule is Cn1nc(Br)cc1-c1ccc(OCCF)cn1. The van der Waals surface area contributed by atoms with Gasteiger partial charge in [0.15, 0.2) is 0 Å². The number of pyridine rings is 1. The van der Waals surface area contributed by atoms with Crippen molar-refractivity contribution >= 4 is 15.9 Å². The highest BCUT2D eigenvalue weighted by molar-refractivity contribution is 9.10. The first-order valence-electron chi connectivity index (χ1n) is 5.05. The molecule has 0 bridgehead atoms. The zero-order valence-corrected chi connectivity index (χ0v) is 10.8. The zero-order chi connectivity index (χ0) is 12.3. The van der Waals surface area contributed by atoms with Crippen molar-refractivity contribution in [3.8, 4) is 17.1 Å². The van der Waals surface area contributed by atoms with Crippen molar-refractivity contribution in [2.45, 2.75) is 0 Å². The molecule has 0 radical (unpaired) electrons. The summed E-state index contributed by atoms with van der Waals surface area (Å²) < 4.78 is 19.5. The number of hydrogen-bond donors (Lipinski definition) is 0. The zero-order valence-electron chi connectivity index (χ0n) is 9.23. The predicted octanol–water partition coefficient (Wildman–Crippen LogP) is 2.59. The lowest BCUT2D eigenvalue weighted by Crippen LogP contribution is -1.99. The van der Waals surface area contributed by atoms with E-state index in [0.29, 0.717) is 5.75 Å². The average molecular weight is 300 g/mol. The first kappa shape index (κ1) is 12.0. The van der Waals surface area contributed by atoms with Gasteiger partial charge >= 0.3 is 0 Å². The summed E-state index contributed by atoms with van der Waals surface area (Å²) in [7, 11) is 1.84. The molecule has 0 unspecified atom stereocenters. The molecular weight excluding hydrogens is 289 g/mol. The van der Waals surface area contributed by atoms with Crippen LogP contribution in [0, 0.1) is 0 Å². The molecule has 0 aliphatic carbocycles. The van der Waals surface area contributed by atoms with Gasteiger partial charge in [-0.2, -0.15) is 5.10 Å². The third-order valence-electron chi connectivity index (χ3n) is 2.19. The Morgan fingerprint density at radius 3 is 2.82 bits per heavy atom. The van der Waals surface area contributed by atoms with Crippen LogP contribution >= 0.6 is 15.9 Å². The van der Waals surface area contributed by atoms with Gasteiger partial charge in [0.25, 0.3) is 0 Å². The van der Waals surface area contributed by atoms with Crippen molar-refractivity contribution in [2.24, 2.45) is 7.05 Å². The lowest BCUT2D eigenvalue weighted by atomic mass is 10.2. The molecule has 0 fully saturated rings. The van der Waals surface area contributed by atoms with Gasteiger partial charge in [-0.3, -0.25) is 9.67 Å². The molecule has 0 saturated carbocycles. The molecule has 0 amide bonds. The third-order valence-corrected chi connectivity index (χ3v) is 2.58. The Balaban J connectivity index is 2.20. The highest BCUT2D eigenvalue weighted by atomic mass is 79.9. The maximum Gasteiger partial charge on any atom is 0.137 e. The number of aryl methyl sites for hydroxylation is 1. The van der Waals surface area contributed by atoms with Crippen molar-refractivity contribution in [3.63, 3.8) is 0 Å². The molecule has 2 aromatic heterocycles. The van der Waals surface area contributed by atoms with Crippen molar-refractivity contribution < 1.29 is 9.13 Å². The summed E-state index contributed by atoms with van der Waals surface area (Å²) in [6.45, 7) is -0.450. The van der Waals surface area contributed by atoms with Crippen LogP contribution in [-0.2, 0) is 7.05 Å². The van der Waals surface area contributed by atoms with Crippen LogP contribution in [0.1, 0.15) is 0 Å². The van der Waals surface area contributed by atoms with E-state index in [1.807, 2.05) is 19.2 Å². The summed E-state index contributed by atoms with van der Waals surface area (Å²) in [5, 5.41) is 4.17. The standard InChI is InChI=1S/C11H11BrFN3O/c1-16-10(6-11(12)15-16)9-3-2-8(7-14-9)17-5-4-13/h2-3,6-7H,4-5H2,1H3. The first-order valence-corrected chi connectivity index (χ1v) is 5.84. The minimum Gasteiger partial charge on any atom is -0.489 e. The largest absolute Gasteiger partial charge is 0.489 e. The average Bonchev–Trinajstić information content (AvgIpc) is 2.66. The monoisotopic (exact) mass is 299 g/mol. The van der Waals surface area contributed by atoms with Gasteiger partial charge in [0.05, 0.1) is 17.6 Å². The van der Waals surface area contributed by atoms with E-state index in [0.717, 1.165) is 16.0 Å². The molecular formula is C11H11BrFN3O. The van der Waals surface area contributed by atoms with Crippen LogP contribution in [0.3, 0.4) is 0 Å². The molecule has 0 aliphatic rings. The summed E-state index contributed by atoms with van der Waals surface area (Å²) in [6, 6.07) is 5.46. The third kappa shape index (κ3) is 2.82. The highest BCUT2D eigenvalue weighted by Gasteiger charge is 2.07. The molecule has 2 rings (SSSR count). The molecule has 0 atom stereocenters. The lowest BCUT2D eigenvalue weighted by molar-refractivity contribution is 0.272. The molecule has 0 N–H and O–H groups in total. The van der Waals surface area contributed by atoms with Gasteiger partial charge in [-0.15, -0.1) is 0 Å². The van der Waals surface area contributed by atoms with Gasteiger partial charge < -0.3 is 4.74 Å². The molecule has 0 saturated heterocycles. The second kappa shape index (κ2) is 5.27. The fraction of sp³-hybridized carbons (Fsp3) is 0.273. The van der Waals surface area contributed by atoms with E-state index >= 15 is 0 Å². The van der Waals surface area contributed by atoms with Crippen LogP contribution in [-0.4, -0.2) is 28.0 Å². The fourth-order valence-electron chi connectivity index (χ4n) is 1.45. The van der Waals surface area contributed by atoms with Crippen LogP contribution in [0.25, 0.3) is 11.4 Å². The van der Waals surface area contributed by atoms with E-state index in [-0.39, 0.29) is 6.61 Å². The van der Waals surface area contributed by atoms with Crippen molar-refractivity contribution in [1.82, 2.24) is 14.8 Å². The second-order valence-corrected chi connectivity index (χ2v) is 4.20. The summed E-state index contributed by atoms with van der Waals surface area (Å²) in [4.78, 5) is 4.25. The van der Waals surface area contributed by atoms with Crippen molar-refractivity contribution in [1.29, 1.82) is 0 Å². The van der Waals surface area contributed by atoms with Crippen molar-refractivity contribution in [3.05, 3.63) is 29.0 Å². The minimum absolute atomic E-state index is 0.0539. The van der Waals surface area contributed by atoms with E-state index in [1.54, 1.807) is 16.9 Å². The van der Waals surface area contributed by atoms with E-state index in [1.165, 1.54) is 0 Å². The maximum absolute atomic E-state index is 11.9. The Morgan fingerprint density at radius 2 is 2.29 bits per heavy atom. The molecule has 2 aromatic rings. The Labute approximate surface area is 107 Å². The van der Waals surface area contributed by atoms with Crippen LogP contribution in [0.2, 0.25) is 0 Å². The van der Waals surface area contributed by atoms with E-state index < -0.39 is 6.67 Å². The van der Waals surface area contributed by atoms with Gasteiger partial charge in [0.2, 0.25) is 0 Å². The number of rotatable bonds is 4. The molecule has 0 spiro atoms. The second-order valence-electron chi connectivity index (χ2n) is 3.39. The maximum atomic E-state index is 11.9. The summed E-state index contributed by atoms with van der Waals surface area (Å²) >= 11 is 3.30. The van der Waals surface area contributed by atoms with E-state index in [9.17, 15) is 4.39 Å². The topological polar surface area (TPSA) is 39.9 Å². The predicted molar refractivity (Wildman–Crippen MR) is 65.6 cm³/mol. The van der Waals surface area contributed by atoms with Gasteiger partial charge in [-0.05, 0) is 28.1 Å². The Bertz CT molecular complexity index is 498. The van der Waals surface area contributed by atoms with Crippen LogP contribution in [0.4, 0.5) is 4.39 Å². The van der Waals surface area contributed by atoms with Crippen molar-refractivity contribution in [2.75, 3.05) is 13.3 Å². The Kier molecular flexibility index (Phi) is 3.73. The van der Waals surface area contributed by atoms with Gasteiger partial charge in [0.1, 0.15) is 23.6 Å². The number of hydrogen-bond acceptors (Lipinski definition) is 3. The minimum atomic E-state index is -0.504. The van der Waals surface area contributed by atoms with Crippen LogP contribution in [0.5, 0.6) is 5.75 Å². The molecule has 0 aliphatic heterocycles. The molecule has 2 heterocycles. The molecule has 90 valence electrons. The first-order chi connectivity index (χ1) is 8.20. The Hall–Kier alpha value is -1.43. The summed E-state index contributed by atoms with van der Waals surface area (Å²) in [6.07, 6.45) is 1.58. The normalized spacial score (nSPS) is 10.5. The Morgan fingerprint density at radius 1 is 1.47 bits per heavy atom. The highest BCUT2D eigenvalue weighted by Crippen LogP contribution is 2.21. The molecule has 17 heavy (non-hydrogen) atoms. The number of alkyl halides is 1. The molecule has 0 aromatic carbocycles. The van der Waals surface area contributed by atoms with Gasteiger partial charge in [-0.1, -0.05) is 0 Å². The smallest absolute Gasteiger partial charge is 0.137 e. The number of halogens is 2. The summed E-state index contributed by atoms with van der Waals surface area (Å²) in [5.41, 5.74) is 1.69. The number of aromatic nitrogens is 3. The molecule has 4 nitrogen and oxygen atoms in total. The number of ether oxygens (including phenoxy) is 1. The quantitative estimate of drug-likeness (QED) is 0.871. The summed E-state index contributed by atoms with van der Waals surface area (Å²) in [5.74, 6) is 0.563. The van der Waals surface area contributed by atoms with Crippen LogP contribution < -0.4 is 4.74 Å². The van der Waals surface area contributed by atoms with Gasteiger partial charge in [-0.25, -0.2) is 4.39 Å². The van der Waals surface area contributed by atoms with Crippen LogP contribution in [0.15, 0.2) is 29.0 Å². The van der Waals surface area contributed by atoms with E-state index in [4.69, 9.17) is 4.74 Å². The van der Waals surface area contributed by atoms with E-state index in [2.05, 4.69) is 26.0 Å².